The van der Waals surface area contributed by atoms with Crippen molar-refractivity contribution in [2.45, 2.75) is 19.6 Å². The fourth-order valence-electron chi connectivity index (χ4n) is 4.93. The summed E-state index contributed by atoms with van der Waals surface area (Å²) in [6, 6.07) is 14.8. The highest BCUT2D eigenvalue weighted by Crippen LogP contribution is 2.32. The van der Waals surface area contributed by atoms with Crippen LogP contribution in [0, 0.1) is 0 Å². The van der Waals surface area contributed by atoms with E-state index in [9.17, 15) is 27.6 Å². The molecule has 0 N–H and O–H groups in total. The number of halogens is 3. The number of hydrogen-bond donors (Lipinski definition) is 0. The largest absolute Gasteiger partial charge is 0.462 e. The van der Waals surface area contributed by atoms with E-state index in [4.69, 9.17) is 9.15 Å². The van der Waals surface area contributed by atoms with Crippen molar-refractivity contribution < 1.29 is 31.9 Å². The molecule has 0 saturated carbocycles. The fourth-order valence-corrected chi connectivity index (χ4v) is 4.93. The highest BCUT2D eigenvalue weighted by Gasteiger charge is 2.32. The first kappa shape index (κ1) is 27.0. The summed E-state index contributed by atoms with van der Waals surface area (Å²) in [5.41, 5.74) is -0.162. The van der Waals surface area contributed by atoms with Crippen LogP contribution < -0.4 is 10.5 Å². The molecule has 0 atom stereocenters. The molecule has 11 heteroatoms. The number of amides is 1. The molecular weight excluding hydrogens is 527 g/mol. The number of benzene rings is 2. The summed E-state index contributed by atoms with van der Waals surface area (Å²) in [5.74, 6) is -0.799. The van der Waals surface area contributed by atoms with Crippen LogP contribution >= 0.6 is 0 Å². The number of aromatic nitrogens is 1. The third-order valence-corrected chi connectivity index (χ3v) is 6.86. The van der Waals surface area contributed by atoms with Gasteiger partial charge in [-0.2, -0.15) is 13.2 Å². The zero-order valence-corrected chi connectivity index (χ0v) is 21.6. The Kier molecular flexibility index (Phi) is 7.38. The van der Waals surface area contributed by atoms with Crippen LogP contribution in [-0.2, 0) is 17.5 Å². The third-order valence-electron chi connectivity index (χ3n) is 6.86. The van der Waals surface area contributed by atoms with E-state index in [2.05, 4.69) is 0 Å². The Bertz CT molecular complexity index is 1590. The third kappa shape index (κ3) is 5.18. The molecule has 0 bridgehead atoms. The molecule has 1 saturated heterocycles. The lowest BCUT2D eigenvalue weighted by molar-refractivity contribution is -0.137. The summed E-state index contributed by atoms with van der Waals surface area (Å²) in [7, 11) is 0. The predicted octanol–water partition coefficient (Wildman–Crippen LogP) is 4.80. The summed E-state index contributed by atoms with van der Waals surface area (Å²) in [6.45, 7) is 3.02. The molecule has 8 nitrogen and oxygen atoms in total. The van der Waals surface area contributed by atoms with Crippen LogP contribution in [0.15, 0.2) is 76.1 Å². The molecule has 2 aromatic heterocycles. The number of carbonyl (C=O) groups excluding carboxylic acids is 2. The topological polar surface area (TPSA) is 85.0 Å². The number of alkyl halides is 3. The van der Waals surface area contributed by atoms with Gasteiger partial charge in [-0.1, -0.05) is 30.3 Å². The van der Waals surface area contributed by atoms with Crippen LogP contribution in [-0.4, -0.2) is 54.1 Å². The normalized spacial score (nSPS) is 14.0. The molecule has 0 unspecified atom stereocenters. The SMILES string of the molecule is CCOC(=O)c1c(N2CCN(C(=O)c3ccco3)CC2)c2ccccc2n(Cc2ccc(C(F)(F)F)cc2)c1=O. The van der Waals surface area contributed by atoms with Crippen LogP contribution in [0.4, 0.5) is 18.9 Å². The van der Waals surface area contributed by atoms with E-state index in [1.54, 1.807) is 48.2 Å². The first-order valence-corrected chi connectivity index (χ1v) is 12.8. The standard InChI is InChI=1S/C29H26F3N3O5/c1-2-39-28(38)24-25(33-13-15-34(16-14-33)26(36)23-8-5-17-40-23)21-6-3-4-7-22(21)35(27(24)37)18-19-9-11-20(12-10-19)29(30,31)32/h3-12,17H,2,13-16,18H2,1H3. The van der Waals surface area contributed by atoms with E-state index in [0.29, 0.717) is 48.3 Å². The minimum absolute atomic E-state index is 0.0460. The maximum absolute atomic E-state index is 13.9. The number of carbonyl (C=O) groups is 2. The highest BCUT2D eigenvalue weighted by atomic mass is 19.4. The van der Waals surface area contributed by atoms with Crippen molar-refractivity contribution >= 4 is 28.5 Å². The van der Waals surface area contributed by atoms with Crippen molar-refractivity contribution in [2.24, 2.45) is 0 Å². The number of hydrogen-bond acceptors (Lipinski definition) is 6. The molecule has 2 aromatic carbocycles. The number of piperazine rings is 1. The molecule has 1 aliphatic rings. The number of esters is 1. The number of rotatable bonds is 6. The first-order chi connectivity index (χ1) is 19.2. The summed E-state index contributed by atoms with van der Waals surface area (Å²) < 4.78 is 51.1. The molecule has 208 valence electrons. The van der Waals surface area contributed by atoms with E-state index >= 15 is 0 Å². The number of ether oxygens (including phenoxy) is 1. The van der Waals surface area contributed by atoms with Gasteiger partial charge in [0.05, 0.1) is 36.2 Å². The Balaban J connectivity index is 1.55. The number of pyridine rings is 1. The van der Waals surface area contributed by atoms with E-state index in [1.165, 1.54) is 23.0 Å². The van der Waals surface area contributed by atoms with Gasteiger partial charge in [-0.25, -0.2) is 4.79 Å². The van der Waals surface area contributed by atoms with E-state index in [1.807, 2.05) is 4.90 Å². The number of para-hydroxylation sites is 1. The van der Waals surface area contributed by atoms with Gasteiger partial charge in [0.2, 0.25) is 0 Å². The van der Waals surface area contributed by atoms with E-state index in [-0.39, 0.29) is 30.4 Å². The van der Waals surface area contributed by atoms with E-state index in [0.717, 1.165) is 12.1 Å². The second kappa shape index (κ2) is 10.9. The number of nitrogens with zero attached hydrogens (tertiary/aromatic N) is 3. The maximum Gasteiger partial charge on any atom is 0.416 e. The van der Waals surface area contributed by atoms with Crippen molar-refractivity contribution in [3.63, 3.8) is 0 Å². The molecule has 1 aliphatic heterocycles. The summed E-state index contributed by atoms with van der Waals surface area (Å²) >= 11 is 0. The minimum Gasteiger partial charge on any atom is -0.462 e. The van der Waals surface area contributed by atoms with Crippen LogP contribution in [0.2, 0.25) is 0 Å². The van der Waals surface area contributed by atoms with Gasteiger partial charge < -0.3 is 23.5 Å². The van der Waals surface area contributed by atoms with Crippen molar-refractivity contribution in [3.8, 4) is 0 Å². The Hall–Kier alpha value is -4.54. The Morgan fingerprint density at radius 1 is 0.950 bits per heavy atom. The average molecular weight is 554 g/mol. The Morgan fingerprint density at radius 3 is 2.27 bits per heavy atom. The van der Waals surface area contributed by atoms with E-state index < -0.39 is 23.3 Å². The molecule has 1 amide bonds. The monoisotopic (exact) mass is 553 g/mol. The predicted molar refractivity (Wildman–Crippen MR) is 142 cm³/mol. The van der Waals surface area contributed by atoms with Gasteiger partial charge in [0.15, 0.2) is 5.76 Å². The minimum atomic E-state index is -4.48. The molecule has 0 radical (unpaired) electrons. The zero-order valence-electron chi connectivity index (χ0n) is 21.6. The molecule has 5 rings (SSSR count). The quantitative estimate of drug-likeness (QED) is 0.319. The van der Waals surface area contributed by atoms with Crippen LogP contribution in [0.1, 0.15) is 39.0 Å². The van der Waals surface area contributed by atoms with Gasteiger partial charge in [0, 0.05) is 31.6 Å². The highest BCUT2D eigenvalue weighted by molar-refractivity contribution is 6.05. The number of fused-ring (bicyclic) bond motifs is 1. The first-order valence-electron chi connectivity index (χ1n) is 12.8. The van der Waals surface area contributed by atoms with Crippen molar-refractivity contribution in [3.05, 3.63) is 99.7 Å². The van der Waals surface area contributed by atoms with Crippen molar-refractivity contribution in [2.75, 3.05) is 37.7 Å². The van der Waals surface area contributed by atoms with Gasteiger partial charge in [0.1, 0.15) is 5.56 Å². The Labute approximate surface area is 227 Å². The maximum atomic E-state index is 13.9. The summed E-state index contributed by atoms with van der Waals surface area (Å²) in [6.07, 6.45) is -3.05. The van der Waals surface area contributed by atoms with Crippen LogP contribution in [0.5, 0.6) is 0 Å². The van der Waals surface area contributed by atoms with Crippen LogP contribution in [0.3, 0.4) is 0 Å². The number of anilines is 1. The second-order valence-corrected chi connectivity index (χ2v) is 9.30. The van der Waals surface area contributed by atoms with Gasteiger partial charge in [-0.05, 0) is 42.8 Å². The van der Waals surface area contributed by atoms with Gasteiger partial charge in [-0.3, -0.25) is 9.59 Å². The van der Waals surface area contributed by atoms with Crippen LogP contribution in [0.25, 0.3) is 10.9 Å². The lowest BCUT2D eigenvalue weighted by Gasteiger charge is -2.37. The van der Waals surface area contributed by atoms with Crippen molar-refractivity contribution in [1.29, 1.82) is 0 Å². The Morgan fingerprint density at radius 2 is 1.65 bits per heavy atom. The summed E-state index contributed by atoms with van der Waals surface area (Å²) in [5, 5.41) is 0.614. The zero-order chi connectivity index (χ0) is 28.4. The smallest absolute Gasteiger partial charge is 0.416 e. The van der Waals surface area contributed by atoms with Crippen molar-refractivity contribution in [1.82, 2.24) is 9.47 Å². The fraction of sp³-hybridized carbons (Fsp3) is 0.276. The lowest BCUT2D eigenvalue weighted by atomic mass is 10.0. The molecule has 0 spiro atoms. The van der Waals surface area contributed by atoms with Gasteiger partial charge in [0.25, 0.3) is 11.5 Å². The molecule has 1 fully saturated rings. The summed E-state index contributed by atoms with van der Waals surface area (Å²) in [4.78, 5) is 43.4. The lowest BCUT2D eigenvalue weighted by Crippen LogP contribution is -2.49. The molecule has 3 heterocycles. The average Bonchev–Trinajstić information content (AvgIpc) is 3.49. The molecule has 40 heavy (non-hydrogen) atoms. The van der Waals surface area contributed by atoms with Gasteiger partial charge >= 0.3 is 12.1 Å². The number of furan rings is 1. The second-order valence-electron chi connectivity index (χ2n) is 9.30. The molecule has 0 aliphatic carbocycles. The molecular formula is C29H26F3N3O5. The molecule has 4 aromatic rings. The van der Waals surface area contributed by atoms with Gasteiger partial charge in [-0.15, -0.1) is 0 Å².